The van der Waals surface area contributed by atoms with Crippen LogP contribution in [0.4, 0.5) is 5.82 Å². The number of fused-ring (bicyclic) bond motifs is 1. The van der Waals surface area contributed by atoms with Gasteiger partial charge in [0.1, 0.15) is 29.1 Å². The van der Waals surface area contributed by atoms with E-state index in [1.54, 1.807) is 31.0 Å². The Balaban J connectivity index is 1.76. The lowest BCUT2D eigenvalue weighted by atomic mass is 9.95. The van der Waals surface area contributed by atoms with Crippen molar-refractivity contribution < 1.29 is 19.7 Å². The molecule has 0 amide bonds. The Hall–Kier alpha value is -2.07. The second kappa shape index (κ2) is 7.64. The quantitative estimate of drug-likeness (QED) is 0.489. The number of rotatable bonds is 4. The van der Waals surface area contributed by atoms with E-state index >= 15 is 0 Å². The number of nitrogen functional groups attached to an aromatic ring is 1. The first kappa shape index (κ1) is 20.2. The van der Waals surface area contributed by atoms with Crippen LogP contribution in [0.1, 0.15) is 23.9 Å². The largest absolute Gasteiger partial charge is 0.497 e. The van der Waals surface area contributed by atoms with Gasteiger partial charge in [-0.25, -0.2) is 4.98 Å². The van der Waals surface area contributed by atoms with E-state index in [1.807, 2.05) is 12.1 Å². The summed E-state index contributed by atoms with van der Waals surface area (Å²) in [6.45, 7) is 0. The highest BCUT2D eigenvalue weighted by molar-refractivity contribution is 9.10. The molecular weight excluding hydrogens is 464 g/mol. The Labute approximate surface area is 180 Å². The molecule has 0 saturated heterocycles. The minimum absolute atomic E-state index is 0.0176. The van der Waals surface area contributed by atoms with Crippen LogP contribution in [-0.2, 0) is 0 Å². The van der Waals surface area contributed by atoms with Gasteiger partial charge in [-0.05, 0) is 51.6 Å². The average Bonchev–Trinajstić information content (AvgIpc) is 3.18. The molecule has 0 unspecified atom stereocenters. The first-order valence-corrected chi connectivity index (χ1v) is 10.1. The molecule has 1 fully saturated rings. The summed E-state index contributed by atoms with van der Waals surface area (Å²) in [7, 11) is 3.14. The van der Waals surface area contributed by atoms with Crippen LogP contribution in [0.15, 0.2) is 28.9 Å². The van der Waals surface area contributed by atoms with Gasteiger partial charge in [-0.3, -0.25) is 0 Å². The summed E-state index contributed by atoms with van der Waals surface area (Å²) in [5.41, 5.74) is 7.31. The highest BCUT2D eigenvalue weighted by atomic mass is 79.9. The number of hydrogen-bond acceptors (Lipinski definition) is 7. The third-order valence-corrected chi connectivity index (χ3v) is 6.21. The molecule has 4 N–H and O–H groups in total. The monoisotopic (exact) mass is 482 g/mol. The predicted molar refractivity (Wildman–Crippen MR) is 113 cm³/mol. The molecule has 1 aliphatic rings. The van der Waals surface area contributed by atoms with Crippen molar-refractivity contribution in [1.29, 1.82) is 0 Å². The molecule has 1 saturated carbocycles. The number of nitrogens with zero attached hydrogens (tertiary/aromatic N) is 3. The number of aromatic nitrogens is 3. The smallest absolute Gasteiger partial charge is 0.226 e. The Morgan fingerprint density at radius 1 is 1.14 bits per heavy atom. The molecule has 0 spiro atoms. The van der Waals surface area contributed by atoms with Gasteiger partial charge in [0.05, 0.1) is 31.8 Å². The minimum atomic E-state index is -1.02. The van der Waals surface area contributed by atoms with Gasteiger partial charge in [-0.1, -0.05) is 0 Å². The summed E-state index contributed by atoms with van der Waals surface area (Å²) >= 11 is 9.47. The standard InChI is InChI=1S/C19H20BrClN4O4/c1-28-9-3-8(4-10(5-9)29-2)11-6-13(16(27)15(11)26)25-7-12(20)14-17(22)23-19(21)24-18(14)25/h3-5,7,11,13,15-16,26-27H,6H2,1-2H3,(H2,22,23,24)/t11-,13-,15-,16+/m1/s1. The number of aliphatic hydroxyl groups is 2. The zero-order valence-electron chi connectivity index (χ0n) is 15.7. The van der Waals surface area contributed by atoms with Crippen molar-refractivity contribution in [3.63, 3.8) is 0 Å². The number of ether oxygens (including phenoxy) is 2. The number of anilines is 1. The van der Waals surface area contributed by atoms with E-state index in [-0.39, 0.29) is 17.0 Å². The number of methoxy groups -OCH3 is 2. The summed E-state index contributed by atoms with van der Waals surface area (Å²) in [5, 5.41) is 22.3. The number of hydrogen-bond donors (Lipinski definition) is 3. The van der Waals surface area contributed by atoms with Crippen LogP contribution in [0.2, 0.25) is 5.28 Å². The third kappa shape index (κ3) is 3.42. The number of benzene rings is 1. The maximum absolute atomic E-state index is 10.8. The van der Waals surface area contributed by atoms with E-state index in [4.69, 9.17) is 26.8 Å². The lowest BCUT2D eigenvalue weighted by molar-refractivity contribution is 0.0178. The molecule has 0 aliphatic heterocycles. The highest BCUT2D eigenvalue weighted by Gasteiger charge is 2.44. The van der Waals surface area contributed by atoms with Crippen LogP contribution in [-0.4, -0.2) is 51.2 Å². The van der Waals surface area contributed by atoms with E-state index < -0.39 is 18.2 Å². The van der Waals surface area contributed by atoms with Crippen molar-refractivity contribution in [3.8, 4) is 11.5 Å². The van der Waals surface area contributed by atoms with Crippen molar-refractivity contribution in [1.82, 2.24) is 14.5 Å². The number of halogens is 2. The van der Waals surface area contributed by atoms with E-state index in [0.29, 0.717) is 33.4 Å². The van der Waals surface area contributed by atoms with Crippen LogP contribution in [0.5, 0.6) is 11.5 Å². The van der Waals surface area contributed by atoms with E-state index in [9.17, 15) is 10.2 Å². The van der Waals surface area contributed by atoms with Crippen molar-refractivity contribution in [3.05, 3.63) is 39.7 Å². The van der Waals surface area contributed by atoms with Crippen LogP contribution in [0.25, 0.3) is 11.0 Å². The molecule has 10 heteroatoms. The molecule has 4 atom stereocenters. The van der Waals surface area contributed by atoms with Gasteiger partial charge < -0.3 is 30.0 Å². The molecule has 0 bridgehead atoms. The second-order valence-corrected chi connectivity index (χ2v) is 8.19. The van der Waals surface area contributed by atoms with Gasteiger partial charge in [-0.2, -0.15) is 4.98 Å². The number of aliphatic hydroxyl groups excluding tert-OH is 2. The Kier molecular flexibility index (Phi) is 5.32. The summed E-state index contributed by atoms with van der Waals surface area (Å²) in [5.74, 6) is 1.15. The maximum atomic E-state index is 10.8. The first-order valence-electron chi connectivity index (χ1n) is 8.92. The van der Waals surface area contributed by atoms with Crippen LogP contribution in [0, 0.1) is 0 Å². The predicted octanol–water partition coefficient (Wildman–Crippen LogP) is 2.90. The Morgan fingerprint density at radius 3 is 2.41 bits per heavy atom. The second-order valence-electron chi connectivity index (χ2n) is 7.00. The fourth-order valence-corrected chi connectivity index (χ4v) is 4.79. The third-order valence-electron chi connectivity index (χ3n) is 5.44. The zero-order chi connectivity index (χ0) is 20.9. The van der Waals surface area contributed by atoms with Gasteiger partial charge in [0.15, 0.2) is 0 Å². The molecule has 4 rings (SSSR count). The Bertz CT molecular complexity index is 1050. The topological polar surface area (TPSA) is 116 Å². The van der Waals surface area contributed by atoms with E-state index in [2.05, 4.69) is 25.9 Å². The summed E-state index contributed by atoms with van der Waals surface area (Å²) in [4.78, 5) is 8.27. The average molecular weight is 484 g/mol. The van der Waals surface area contributed by atoms with Crippen molar-refractivity contribution in [2.24, 2.45) is 0 Å². The SMILES string of the molecule is COc1cc(OC)cc([C@H]2C[C@@H](n3cc(Br)c4c(N)nc(Cl)nc43)[C@H](O)[C@@H]2O)c1. The molecule has 1 aliphatic carbocycles. The van der Waals surface area contributed by atoms with Crippen molar-refractivity contribution in [2.75, 3.05) is 20.0 Å². The lowest BCUT2D eigenvalue weighted by Gasteiger charge is -2.19. The maximum Gasteiger partial charge on any atom is 0.226 e. The number of nitrogens with two attached hydrogens (primary N) is 1. The van der Waals surface area contributed by atoms with Gasteiger partial charge in [0, 0.05) is 22.7 Å². The van der Waals surface area contributed by atoms with Crippen molar-refractivity contribution >= 4 is 44.4 Å². The summed E-state index contributed by atoms with van der Waals surface area (Å²) in [6, 6.07) is 5.00. The molecule has 8 nitrogen and oxygen atoms in total. The van der Waals surface area contributed by atoms with Crippen LogP contribution < -0.4 is 15.2 Å². The first-order chi connectivity index (χ1) is 13.8. The minimum Gasteiger partial charge on any atom is -0.497 e. The van der Waals surface area contributed by atoms with Gasteiger partial charge in [0.2, 0.25) is 5.28 Å². The molecule has 154 valence electrons. The lowest BCUT2D eigenvalue weighted by Crippen LogP contribution is -2.29. The Morgan fingerprint density at radius 2 is 1.79 bits per heavy atom. The fourth-order valence-electron chi connectivity index (χ4n) is 4.01. The van der Waals surface area contributed by atoms with Crippen molar-refractivity contribution in [2.45, 2.75) is 30.6 Å². The van der Waals surface area contributed by atoms with Gasteiger partial charge in [-0.15, -0.1) is 0 Å². The normalized spacial score (nSPS) is 24.2. The molecule has 2 heterocycles. The van der Waals surface area contributed by atoms with E-state index in [1.165, 1.54) is 0 Å². The highest BCUT2D eigenvalue weighted by Crippen LogP contribution is 2.45. The van der Waals surface area contributed by atoms with Crippen LogP contribution >= 0.6 is 27.5 Å². The summed E-state index contributed by atoms with van der Waals surface area (Å²) < 4.78 is 13.1. The molecule has 1 aromatic carbocycles. The zero-order valence-corrected chi connectivity index (χ0v) is 18.1. The molecular formula is C19H20BrClN4O4. The molecule has 29 heavy (non-hydrogen) atoms. The van der Waals surface area contributed by atoms with Gasteiger partial charge >= 0.3 is 0 Å². The molecule has 0 radical (unpaired) electrons. The van der Waals surface area contributed by atoms with E-state index in [0.717, 1.165) is 5.56 Å². The molecule has 2 aromatic heterocycles. The van der Waals surface area contributed by atoms with Crippen LogP contribution in [0.3, 0.4) is 0 Å². The van der Waals surface area contributed by atoms with Gasteiger partial charge in [0.25, 0.3) is 0 Å². The molecule has 3 aromatic rings. The summed E-state index contributed by atoms with van der Waals surface area (Å²) in [6.07, 6.45) is 0.245. The fraction of sp³-hybridized carbons (Fsp3) is 0.368.